The van der Waals surface area contributed by atoms with E-state index in [9.17, 15) is 15.3 Å². The van der Waals surface area contributed by atoms with Gasteiger partial charge in [0.1, 0.15) is 22.4 Å². The summed E-state index contributed by atoms with van der Waals surface area (Å²) in [6.07, 6.45) is 1.60. The fourth-order valence-electron chi connectivity index (χ4n) is 3.81. The molecule has 3 aromatic rings. The van der Waals surface area contributed by atoms with Crippen LogP contribution in [0.5, 0.6) is 0 Å². The van der Waals surface area contributed by atoms with Crippen LogP contribution in [0.15, 0.2) is 18.5 Å². The van der Waals surface area contributed by atoms with E-state index < -0.39 is 29.8 Å². The molecular formula is C19H25ClN6O3S. The third kappa shape index (κ3) is 4.06. The lowest BCUT2D eigenvalue weighted by atomic mass is 9.88. The number of nitrogens with one attached hydrogen (secondary N) is 1. The number of aliphatic hydroxyl groups is 3. The molecule has 0 aliphatic heterocycles. The molecule has 0 amide bonds. The number of aromatic nitrogens is 4. The zero-order valence-electron chi connectivity index (χ0n) is 16.8. The summed E-state index contributed by atoms with van der Waals surface area (Å²) in [7, 11) is 0. The first-order valence-electron chi connectivity index (χ1n) is 9.35. The Balaban J connectivity index is 0.00000256. The summed E-state index contributed by atoms with van der Waals surface area (Å²) in [5.74, 6) is 0.0332. The van der Waals surface area contributed by atoms with Gasteiger partial charge in [0.25, 0.3) is 0 Å². The highest BCUT2D eigenvalue weighted by molar-refractivity contribution is 7.21. The molecule has 9 nitrogen and oxygen atoms in total. The number of thiazole rings is 1. The summed E-state index contributed by atoms with van der Waals surface area (Å²) in [5.41, 5.74) is 6.97. The van der Waals surface area contributed by atoms with Gasteiger partial charge in [-0.2, -0.15) is 4.98 Å². The van der Waals surface area contributed by atoms with Crippen molar-refractivity contribution in [1.82, 2.24) is 19.9 Å². The first-order valence-corrected chi connectivity index (χ1v) is 10.2. The van der Waals surface area contributed by atoms with E-state index in [1.165, 1.54) is 11.3 Å². The molecule has 30 heavy (non-hydrogen) atoms. The van der Waals surface area contributed by atoms with Gasteiger partial charge in [0.15, 0.2) is 0 Å². The molecule has 0 saturated heterocycles. The second kappa shape index (κ2) is 8.20. The zero-order valence-corrected chi connectivity index (χ0v) is 18.4. The number of hydrogen-bond donors (Lipinski definition) is 5. The van der Waals surface area contributed by atoms with Crippen molar-refractivity contribution in [2.75, 3.05) is 11.1 Å². The van der Waals surface area contributed by atoms with E-state index in [2.05, 4.69) is 25.3 Å². The lowest BCUT2D eigenvalue weighted by molar-refractivity contribution is -0.0601. The molecule has 1 saturated carbocycles. The summed E-state index contributed by atoms with van der Waals surface area (Å²) in [6, 6.07) is 1.40. The number of fused-ring (bicyclic) bond motifs is 1. The monoisotopic (exact) mass is 452 g/mol. The van der Waals surface area contributed by atoms with Crippen LogP contribution in [0.1, 0.15) is 26.0 Å². The maximum Gasteiger partial charge on any atom is 0.221 e. The van der Waals surface area contributed by atoms with E-state index in [0.717, 1.165) is 15.9 Å². The van der Waals surface area contributed by atoms with E-state index in [4.69, 9.17) is 5.73 Å². The number of aliphatic hydroxyl groups excluding tert-OH is 2. The molecule has 3 aromatic heterocycles. The predicted molar refractivity (Wildman–Crippen MR) is 119 cm³/mol. The van der Waals surface area contributed by atoms with Crippen LogP contribution in [-0.2, 0) is 0 Å². The van der Waals surface area contributed by atoms with Crippen molar-refractivity contribution in [1.29, 1.82) is 0 Å². The molecule has 6 N–H and O–H groups in total. The van der Waals surface area contributed by atoms with E-state index >= 15 is 0 Å². The Hall–Kier alpha value is -2.11. The molecule has 162 valence electrons. The van der Waals surface area contributed by atoms with Gasteiger partial charge in [-0.05, 0) is 33.3 Å². The lowest BCUT2D eigenvalue weighted by Crippen LogP contribution is -2.40. The fraction of sp³-hybridized carbons (Fsp3) is 0.474. The van der Waals surface area contributed by atoms with Crippen molar-refractivity contribution in [3.8, 4) is 10.6 Å². The van der Waals surface area contributed by atoms with Crippen molar-refractivity contribution >= 4 is 45.7 Å². The Labute approximate surface area is 183 Å². The lowest BCUT2D eigenvalue weighted by Gasteiger charge is -2.28. The first-order chi connectivity index (χ1) is 13.6. The topological polar surface area (TPSA) is 150 Å². The van der Waals surface area contributed by atoms with Gasteiger partial charge < -0.3 is 26.4 Å². The fourth-order valence-corrected chi connectivity index (χ4v) is 4.84. The summed E-state index contributed by atoms with van der Waals surface area (Å²) < 4.78 is 0.994. The van der Waals surface area contributed by atoms with Gasteiger partial charge >= 0.3 is 0 Å². The van der Waals surface area contributed by atoms with Crippen LogP contribution in [0.2, 0.25) is 0 Å². The highest BCUT2D eigenvalue weighted by Gasteiger charge is 2.47. The van der Waals surface area contributed by atoms with E-state index in [1.807, 2.05) is 13.0 Å². The minimum absolute atomic E-state index is 0. The van der Waals surface area contributed by atoms with Gasteiger partial charge in [0.2, 0.25) is 5.95 Å². The predicted octanol–water partition coefficient (Wildman–Crippen LogP) is 1.75. The number of nitrogens with two attached hydrogens (primary N) is 1. The second-order valence-corrected chi connectivity index (χ2v) is 9.01. The quantitative estimate of drug-likeness (QED) is 0.398. The molecule has 0 aromatic carbocycles. The number of aryl methyl sites for hydroxylation is 1. The average Bonchev–Trinajstić information content (AvgIpc) is 3.19. The zero-order chi connectivity index (χ0) is 20.9. The maximum atomic E-state index is 10.5. The van der Waals surface area contributed by atoms with E-state index in [1.54, 1.807) is 26.2 Å². The number of nitrogen functional groups attached to an aromatic ring is 1. The van der Waals surface area contributed by atoms with Gasteiger partial charge in [-0.3, -0.25) is 4.98 Å². The second-order valence-electron chi connectivity index (χ2n) is 7.98. The number of rotatable bonds is 4. The molecule has 0 radical (unpaired) electrons. The summed E-state index contributed by atoms with van der Waals surface area (Å²) >= 11 is 1.48. The van der Waals surface area contributed by atoms with Crippen LogP contribution in [0.4, 0.5) is 11.8 Å². The van der Waals surface area contributed by atoms with Gasteiger partial charge in [-0.25, -0.2) is 9.97 Å². The van der Waals surface area contributed by atoms with Crippen LogP contribution in [0.3, 0.4) is 0 Å². The van der Waals surface area contributed by atoms with Crippen molar-refractivity contribution in [3.05, 3.63) is 24.2 Å². The molecule has 0 unspecified atom stereocenters. The smallest absolute Gasteiger partial charge is 0.221 e. The third-order valence-electron chi connectivity index (χ3n) is 5.44. The molecule has 4 atom stereocenters. The Morgan fingerprint density at radius 1 is 1.20 bits per heavy atom. The van der Waals surface area contributed by atoms with Crippen LogP contribution in [-0.4, -0.2) is 59.1 Å². The molecule has 1 aliphatic carbocycles. The molecule has 3 heterocycles. The van der Waals surface area contributed by atoms with Crippen molar-refractivity contribution in [2.45, 2.75) is 51.0 Å². The molecule has 11 heteroatoms. The van der Waals surface area contributed by atoms with Crippen LogP contribution in [0, 0.1) is 12.8 Å². The van der Waals surface area contributed by atoms with Gasteiger partial charge in [0, 0.05) is 18.3 Å². The van der Waals surface area contributed by atoms with Gasteiger partial charge in [-0.15, -0.1) is 23.7 Å². The van der Waals surface area contributed by atoms with Crippen LogP contribution < -0.4 is 11.1 Å². The SMILES string of the molecule is Cc1nccc2sc(-c3cnc(N)nc3N[C@@H]3C[C@H](C(C)(C)O)[C@@H](O)[C@H]3O)nc12.Cl. The van der Waals surface area contributed by atoms with E-state index in [-0.39, 0.29) is 18.4 Å². The third-order valence-corrected chi connectivity index (χ3v) is 6.49. The highest BCUT2D eigenvalue weighted by Crippen LogP contribution is 2.38. The Bertz CT molecular complexity index is 1060. The number of anilines is 2. The molecule has 0 bridgehead atoms. The minimum atomic E-state index is -1.12. The Morgan fingerprint density at radius 2 is 1.93 bits per heavy atom. The normalized spacial score (nSPS) is 24.1. The van der Waals surface area contributed by atoms with Crippen molar-refractivity contribution in [3.63, 3.8) is 0 Å². The van der Waals surface area contributed by atoms with Crippen molar-refractivity contribution in [2.24, 2.45) is 5.92 Å². The summed E-state index contributed by atoms with van der Waals surface area (Å²) in [6.45, 7) is 5.15. The first kappa shape index (κ1) is 22.6. The molecular weight excluding hydrogens is 428 g/mol. The Kier molecular flexibility index (Phi) is 6.17. The number of halogens is 1. The minimum Gasteiger partial charge on any atom is -0.390 e. The molecule has 0 spiro atoms. The molecule has 1 fully saturated rings. The average molecular weight is 453 g/mol. The molecule has 1 aliphatic rings. The maximum absolute atomic E-state index is 10.5. The molecule has 4 rings (SSSR count). The summed E-state index contributed by atoms with van der Waals surface area (Å²) in [4.78, 5) is 17.4. The standard InChI is InChI=1S/C19H24N6O3S.ClH/c1-8-13-12(4-5-21-8)29-17(24-13)9-7-22-18(20)25-16(9)23-11-6-10(19(2,3)28)14(26)15(11)27;/h4-5,7,10-11,14-15,26-28H,6H2,1-3H3,(H3,20,22,23,25);1H/t10-,11+,14+,15-;/m0./s1. The number of pyridine rings is 1. The largest absolute Gasteiger partial charge is 0.390 e. The van der Waals surface area contributed by atoms with Crippen molar-refractivity contribution < 1.29 is 15.3 Å². The Morgan fingerprint density at radius 3 is 2.57 bits per heavy atom. The van der Waals surface area contributed by atoms with E-state index in [0.29, 0.717) is 22.8 Å². The summed E-state index contributed by atoms with van der Waals surface area (Å²) in [5, 5.41) is 35.1. The van der Waals surface area contributed by atoms with Gasteiger partial charge in [-0.1, -0.05) is 0 Å². The van der Waals surface area contributed by atoms with Crippen LogP contribution in [0.25, 0.3) is 20.8 Å². The highest BCUT2D eigenvalue weighted by atomic mass is 35.5. The number of nitrogens with zero attached hydrogens (tertiary/aromatic N) is 4. The van der Waals surface area contributed by atoms with Gasteiger partial charge in [0.05, 0.1) is 33.7 Å². The van der Waals surface area contributed by atoms with Crippen LogP contribution >= 0.6 is 23.7 Å². The number of hydrogen-bond acceptors (Lipinski definition) is 10.